The van der Waals surface area contributed by atoms with Crippen molar-refractivity contribution in [2.75, 3.05) is 13.6 Å². The molecule has 2 heterocycles. The lowest BCUT2D eigenvalue weighted by atomic mass is 9.85. The number of aryl methyl sites for hydroxylation is 1. The van der Waals surface area contributed by atoms with Crippen molar-refractivity contribution in [2.24, 2.45) is 5.92 Å². The molecule has 3 unspecified atom stereocenters. The molecule has 0 amide bonds. The normalized spacial score (nSPS) is 30.8. The van der Waals surface area contributed by atoms with Crippen molar-refractivity contribution in [1.82, 2.24) is 15.2 Å². The molecule has 106 valence electrons. The molecule has 1 N–H and O–H groups in total. The van der Waals surface area contributed by atoms with Crippen molar-refractivity contribution in [3.05, 3.63) is 16.1 Å². The van der Waals surface area contributed by atoms with Crippen molar-refractivity contribution in [2.45, 2.75) is 57.7 Å². The number of rotatable bonds is 4. The molecule has 19 heavy (non-hydrogen) atoms. The number of nitrogens with one attached hydrogen (secondary N) is 1. The van der Waals surface area contributed by atoms with Gasteiger partial charge in [0.1, 0.15) is 0 Å². The Balaban J connectivity index is 1.48. The lowest BCUT2D eigenvalue weighted by Gasteiger charge is -2.24. The van der Waals surface area contributed by atoms with E-state index in [0.717, 1.165) is 25.0 Å². The molecule has 1 aliphatic carbocycles. The maximum absolute atomic E-state index is 4.55. The van der Waals surface area contributed by atoms with Crippen LogP contribution in [-0.2, 0) is 6.54 Å². The van der Waals surface area contributed by atoms with Crippen molar-refractivity contribution in [3.63, 3.8) is 0 Å². The van der Waals surface area contributed by atoms with Crippen LogP contribution in [0, 0.1) is 12.8 Å². The summed E-state index contributed by atoms with van der Waals surface area (Å²) >= 11 is 1.75. The summed E-state index contributed by atoms with van der Waals surface area (Å²) in [5.41, 5.74) is 1.22. The van der Waals surface area contributed by atoms with Gasteiger partial charge in [-0.3, -0.25) is 4.90 Å². The molecule has 3 atom stereocenters. The SMILES string of the molecule is Cc1nc(CN(C)CC2CC3CCCCC3N2)cs1. The van der Waals surface area contributed by atoms with Gasteiger partial charge in [-0.05, 0) is 39.2 Å². The molecule has 0 spiro atoms. The van der Waals surface area contributed by atoms with Gasteiger partial charge in [0.15, 0.2) is 0 Å². The number of hydrogen-bond donors (Lipinski definition) is 1. The standard InChI is InChI=1S/C15H25N3S/c1-11-16-14(10-19-11)9-18(2)8-13-7-12-5-3-4-6-15(12)17-13/h10,12-13,15,17H,3-9H2,1-2H3. The zero-order valence-corrected chi connectivity index (χ0v) is 12.9. The van der Waals surface area contributed by atoms with Gasteiger partial charge < -0.3 is 5.32 Å². The molecular weight excluding hydrogens is 254 g/mol. The molecule has 1 saturated carbocycles. The number of nitrogens with zero attached hydrogens (tertiary/aromatic N) is 2. The predicted octanol–water partition coefficient (Wildman–Crippen LogP) is 2.80. The maximum atomic E-state index is 4.55. The van der Waals surface area contributed by atoms with Crippen molar-refractivity contribution < 1.29 is 0 Å². The first-order valence-corrected chi connectivity index (χ1v) is 8.44. The zero-order chi connectivity index (χ0) is 13.2. The molecule has 4 heteroatoms. The molecule has 0 bridgehead atoms. The van der Waals surface area contributed by atoms with E-state index in [1.165, 1.54) is 42.8 Å². The topological polar surface area (TPSA) is 28.2 Å². The smallest absolute Gasteiger partial charge is 0.0897 e. The largest absolute Gasteiger partial charge is 0.310 e. The zero-order valence-electron chi connectivity index (χ0n) is 12.1. The monoisotopic (exact) mass is 279 g/mol. The fraction of sp³-hybridized carbons (Fsp3) is 0.800. The van der Waals surface area contributed by atoms with Crippen LogP contribution in [0.4, 0.5) is 0 Å². The van der Waals surface area contributed by atoms with Gasteiger partial charge in [0.2, 0.25) is 0 Å². The fourth-order valence-electron chi connectivity index (χ4n) is 3.77. The summed E-state index contributed by atoms with van der Waals surface area (Å²) in [6, 6.07) is 1.51. The van der Waals surface area contributed by atoms with Crippen LogP contribution in [0.3, 0.4) is 0 Å². The summed E-state index contributed by atoms with van der Waals surface area (Å²) in [7, 11) is 2.22. The molecule has 0 aromatic carbocycles. The second-order valence-corrected chi connectivity index (χ2v) is 7.37. The Labute approximate surface area is 120 Å². The Morgan fingerprint density at radius 1 is 1.42 bits per heavy atom. The molecule has 2 aliphatic rings. The number of hydrogen-bond acceptors (Lipinski definition) is 4. The Morgan fingerprint density at radius 2 is 2.26 bits per heavy atom. The third-order valence-corrected chi connectivity index (χ3v) is 5.40. The highest BCUT2D eigenvalue weighted by atomic mass is 32.1. The van der Waals surface area contributed by atoms with E-state index >= 15 is 0 Å². The van der Waals surface area contributed by atoms with Gasteiger partial charge >= 0.3 is 0 Å². The second kappa shape index (κ2) is 5.90. The van der Waals surface area contributed by atoms with Crippen molar-refractivity contribution >= 4 is 11.3 Å². The highest BCUT2D eigenvalue weighted by Gasteiger charge is 2.35. The Bertz CT molecular complexity index is 403. The van der Waals surface area contributed by atoms with E-state index in [0.29, 0.717) is 6.04 Å². The van der Waals surface area contributed by atoms with Crippen LogP contribution in [0.25, 0.3) is 0 Å². The van der Waals surface area contributed by atoms with Crippen LogP contribution in [0.2, 0.25) is 0 Å². The van der Waals surface area contributed by atoms with Crippen LogP contribution in [0.1, 0.15) is 42.8 Å². The first-order chi connectivity index (χ1) is 9.20. The number of fused-ring (bicyclic) bond motifs is 1. The lowest BCUT2D eigenvalue weighted by Crippen LogP contribution is -2.39. The van der Waals surface area contributed by atoms with E-state index in [1.54, 1.807) is 11.3 Å². The van der Waals surface area contributed by atoms with Gasteiger partial charge in [-0.2, -0.15) is 0 Å². The highest BCUT2D eigenvalue weighted by Crippen LogP contribution is 2.33. The third kappa shape index (κ3) is 3.36. The molecule has 0 radical (unpaired) electrons. The molecule has 2 fully saturated rings. The average Bonchev–Trinajstić information content (AvgIpc) is 2.94. The van der Waals surface area contributed by atoms with E-state index in [2.05, 4.69) is 34.6 Å². The highest BCUT2D eigenvalue weighted by molar-refractivity contribution is 7.09. The minimum Gasteiger partial charge on any atom is -0.310 e. The van der Waals surface area contributed by atoms with Gasteiger partial charge in [-0.15, -0.1) is 11.3 Å². The van der Waals surface area contributed by atoms with Crippen LogP contribution >= 0.6 is 11.3 Å². The quantitative estimate of drug-likeness (QED) is 0.918. The van der Waals surface area contributed by atoms with Crippen LogP contribution in [0.5, 0.6) is 0 Å². The summed E-state index contributed by atoms with van der Waals surface area (Å²) in [4.78, 5) is 6.97. The fourth-order valence-corrected chi connectivity index (χ4v) is 4.37. The summed E-state index contributed by atoms with van der Waals surface area (Å²) in [5, 5.41) is 7.22. The summed E-state index contributed by atoms with van der Waals surface area (Å²) in [6.45, 7) is 4.22. The molecule has 1 saturated heterocycles. The second-order valence-electron chi connectivity index (χ2n) is 6.30. The third-order valence-electron chi connectivity index (χ3n) is 4.58. The number of likely N-dealkylation sites (N-methyl/N-ethyl adjacent to an activating group) is 1. The molecule has 1 aliphatic heterocycles. The van der Waals surface area contributed by atoms with E-state index in [1.807, 2.05) is 0 Å². The number of thiazole rings is 1. The van der Waals surface area contributed by atoms with Gasteiger partial charge in [0, 0.05) is 30.6 Å². The maximum Gasteiger partial charge on any atom is 0.0897 e. The van der Waals surface area contributed by atoms with Crippen LogP contribution in [-0.4, -0.2) is 35.6 Å². The first-order valence-electron chi connectivity index (χ1n) is 7.56. The molecule has 3 nitrogen and oxygen atoms in total. The Morgan fingerprint density at radius 3 is 3.00 bits per heavy atom. The molecular formula is C15H25N3S. The van der Waals surface area contributed by atoms with E-state index in [9.17, 15) is 0 Å². The predicted molar refractivity (Wildman–Crippen MR) is 80.5 cm³/mol. The van der Waals surface area contributed by atoms with Crippen molar-refractivity contribution in [3.8, 4) is 0 Å². The molecule has 1 aromatic heterocycles. The van der Waals surface area contributed by atoms with E-state index in [-0.39, 0.29) is 0 Å². The van der Waals surface area contributed by atoms with E-state index in [4.69, 9.17) is 0 Å². The summed E-state index contributed by atoms with van der Waals surface area (Å²) < 4.78 is 0. The molecule has 3 rings (SSSR count). The Kier molecular flexibility index (Phi) is 4.20. The van der Waals surface area contributed by atoms with Gasteiger partial charge in [0.25, 0.3) is 0 Å². The van der Waals surface area contributed by atoms with Crippen LogP contribution < -0.4 is 5.32 Å². The van der Waals surface area contributed by atoms with Crippen LogP contribution in [0.15, 0.2) is 5.38 Å². The summed E-state index contributed by atoms with van der Waals surface area (Å²) in [5.74, 6) is 0.952. The minimum atomic E-state index is 0.692. The first kappa shape index (κ1) is 13.5. The Hall–Kier alpha value is -0.450. The van der Waals surface area contributed by atoms with Crippen molar-refractivity contribution in [1.29, 1.82) is 0 Å². The number of aromatic nitrogens is 1. The van der Waals surface area contributed by atoms with Gasteiger partial charge in [0.05, 0.1) is 10.7 Å². The van der Waals surface area contributed by atoms with Gasteiger partial charge in [-0.1, -0.05) is 12.8 Å². The molecule has 1 aromatic rings. The van der Waals surface area contributed by atoms with E-state index < -0.39 is 0 Å². The summed E-state index contributed by atoms with van der Waals surface area (Å²) in [6.07, 6.45) is 7.10. The minimum absolute atomic E-state index is 0.692. The van der Waals surface area contributed by atoms with Gasteiger partial charge in [-0.25, -0.2) is 4.98 Å². The lowest BCUT2D eigenvalue weighted by molar-refractivity contribution is 0.286. The average molecular weight is 279 g/mol.